The molecule has 0 unspecified atom stereocenters. The molecule has 0 aliphatic carbocycles. The van der Waals surface area contributed by atoms with Gasteiger partial charge in [-0.15, -0.1) is 40.5 Å². The number of aromatic nitrogens is 1. The van der Waals surface area contributed by atoms with Crippen molar-refractivity contribution in [1.82, 2.24) is 4.98 Å². The van der Waals surface area contributed by atoms with Crippen molar-refractivity contribution >= 4 is 38.0 Å². The first kappa shape index (κ1) is 42.4. The molecule has 3 aromatic carbocycles. The second-order valence-electron chi connectivity index (χ2n) is 14.9. The Kier molecular flexibility index (Phi) is 14.3. The first-order chi connectivity index (χ1) is 24.8. The molecule has 0 bridgehead atoms. The summed E-state index contributed by atoms with van der Waals surface area (Å²) in [4.78, 5) is 16.8. The number of carbonyl (C=O) groups excluding carboxylic acids is 1. The fourth-order valence-electron chi connectivity index (χ4n) is 7.12. The maximum absolute atomic E-state index is 14.4. The SMILES string of the molecule is CCC(CC)C(=O)/C=C(\O)C(CC)CC.[2H]c1nc(-c2[c-]c3ccccc3c(C(C)(C)C)c2)c2sc(-c3c(C)cc(C)cc3C)c(C)c2c1C(F)(F)F.[Ir]. The van der Waals surface area contributed by atoms with E-state index in [1.807, 2.05) is 78.8 Å². The minimum atomic E-state index is -4.70. The van der Waals surface area contributed by atoms with Crippen LogP contribution in [0.3, 0.4) is 0 Å². The Morgan fingerprint density at radius 3 is 2.02 bits per heavy atom. The number of hydrogen-bond acceptors (Lipinski definition) is 4. The standard InChI is InChI=1S/C32H29F3NS.C13H24O2.Ir/c1-17-12-18(2)26(19(3)13-17)29-20(4)27-25(32(33,34)35)16-36-28(30(27)37-29)22-14-21-10-8-9-11-23(21)24(15-22)31(5,6)7;1-5-10(6-2)12(14)9-13(15)11(7-3)8-4;/h8-13,15-16H,1-7H3;9-11,14H,5-8H2,1-4H3;/q-1;;/b;12-9-;/i16D;;. The van der Waals surface area contributed by atoms with Gasteiger partial charge in [-0.2, -0.15) is 13.2 Å². The third-order valence-electron chi connectivity index (χ3n) is 10.00. The van der Waals surface area contributed by atoms with Crippen LogP contribution in [0.4, 0.5) is 13.2 Å². The van der Waals surface area contributed by atoms with Crippen LogP contribution in [0.1, 0.15) is 109 Å². The average molecular weight is 922 g/mol. The monoisotopic (exact) mass is 922 g/mol. The third-order valence-corrected chi connectivity index (χ3v) is 11.3. The topological polar surface area (TPSA) is 50.2 Å². The van der Waals surface area contributed by atoms with Crippen LogP contribution in [0.5, 0.6) is 0 Å². The van der Waals surface area contributed by atoms with E-state index in [2.05, 4.69) is 44.0 Å². The van der Waals surface area contributed by atoms with E-state index in [0.29, 0.717) is 21.5 Å². The first-order valence-corrected chi connectivity index (χ1v) is 19.1. The van der Waals surface area contributed by atoms with Crippen LogP contribution in [0.15, 0.2) is 60.5 Å². The van der Waals surface area contributed by atoms with Crippen LogP contribution in [-0.4, -0.2) is 15.9 Å². The summed E-state index contributed by atoms with van der Waals surface area (Å²) in [6.07, 6.45) is -0.558. The quantitative estimate of drug-likeness (QED) is 0.0910. The van der Waals surface area contributed by atoms with Crippen molar-refractivity contribution in [3.63, 3.8) is 0 Å². The molecule has 5 rings (SSSR count). The Hall–Kier alpha value is -3.32. The molecule has 0 aliphatic heterocycles. The molecule has 287 valence electrons. The minimum absolute atomic E-state index is 0. The van der Waals surface area contributed by atoms with Crippen LogP contribution in [-0.2, 0) is 36.5 Å². The number of ketones is 1. The predicted molar refractivity (Wildman–Crippen MR) is 213 cm³/mol. The van der Waals surface area contributed by atoms with Gasteiger partial charge < -0.3 is 5.11 Å². The number of aliphatic hydroxyl groups is 1. The molecule has 0 saturated carbocycles. The molecule has 2 aromatic heterocycles. The molecule has 0 fully saturated rings. The van der Waals surface area contributed by atoms with Crippen molar-refractivity contribution in [1.29, 1.82) is 0 Å². The van der Waals surface area contributed by atoms with E-state index in [9.17, 15) is 23.1 Å². The molecule has 8 heteroatoms. The van der Waals surface area contributed by atoms with Gasteiger partial charge in [-0.05, 0) is 81.0 Å². The number of benzene rings is 3. The Morgan fingerprint density at radius 2 is 1.49 bits per heavy atom. The van der Waals surface area contributed by atoms with Crippen molar-refractivity contribution in [2.45, 2.75) is 113 Å². The van der Waals surface area contributed by atoms with Crippen molar-refractivity contribution in [3.8, 4) is 21.7 Å². The minimum Gasteiger partial charge on any atom is -0.512 e. The number of carbonyl (C=O) groups is 1. The molecule has 1 N–H and O–H groups in total. The number of alkyl halides is 3. The summed E-state index contributed by atoms with van der Waals surface area (Å²) in [7, 11) is 0. The van der Waals surface area contributed by atoms with E-state index in [1.165, 1.54) is 17.4 Å². The van der Waals surface area contributed by atoms with Gasteiger partial charge in [0.15, 0.2) is 5.78 Å². The molecule has 0 spiro atoms. The Labute approximate surface area is 332 Å². The largest absolute Gasteiger partial charge is 0.512 e. The fourth-order valence-corrected chi connectivity index (χ4v) is 8.61. The van der Waals surface area contributed by atoms with Gasteiger partial charge in [0.2, 0.25) is 0 Å². The molecule has 3 nitrogen and oxygen atoms in total. The van der Waals surface area contributed by atoms with E-state index < -0.39 is 17.9 Å². The maximum atomic E-state index is 14.4. The van der Waals surface area contributed by atoms with E-state index >= 15 is 0 Å². The summed E-state index contributed by atoms with van der Waals surface area (Å²) in [5, 5.41) is 11.7. The number of hydrogen-bond donors (Lipinski definition) is 1. The number of aliphatic hydroxyl groups excluding tert-OH is 1. The second-order valence-corrected chi connectivity index (χ2v) is 15.9. The van der Waals surface area contributed by atoms with Crippen LogP contribution in [0, 0.1) is 45.6 Å². The van der Waals surface area contributed by atoms with Crippen LogP contribution in [0.2, 0.25) is 0 Å². The Bertz CT molecular complexity index is 2130. The van der Waals surface area contributed by atoms with E-state index in [1.54, 1.807) is 6.92 Å². The van der Waals surface area contributed by atoms with Gasteiger partial charge >= 0.3 is 6.18 Å². The van der Waals surface area contributed by atoms with Gasteiger partial charge in [-0.1, -0.05) is 95.3 Å². The number of pyridine rings is 1. The van der Waals surface area contributed by atoms with E-state index in [-0.39, 0.29) is 54.3 Å². The maximum Gasteiger partial charge on any atom is 0.418 e. The number of nitrogens with zero attached hydrogens (tertiary/aromatic N) is 1. The molecule has 0 aliphatic rings. The molecule has 1 radical (unpaired) electrons. The van der Waals surface area contributed by atoms with Crippen LogP contribution >= 0.6 is 11.3 Å². The van der Waals surface area contributed by atoms with Crippen LogP contribution in [0.25, 0.3) is 42.6 Å². The van der Waals surface area contributed by atoms with Gasteiger partial charge in [-0.3, -0.25) is 9.78 Å². The summed E-state index contributed by atoms with van der Waals surface area (Å²) in [6.45, 7) is 22.1. The number of fused-ring (bicyclic) bond motifs is 2. The van der Waals surface area contributed by atoms with Crippen molar-refractivity contribution in [2.75, 3.05) is 0 Å². The molecule has 53 heavy (non-hydrogen) atoms. The third kappa shape index (κ3) is 9.68. The van der Waals surface area contributed by atoms with Gasteiger partial charge in [0.1, 0.15) is 0 Å². The number of rotatable bonds is 9. The summed E-state index contributed by atoms with van der Waals surface area (Å²) < 4.78 is 52.0. The van der Waals surface area contributed by atoms with E-state index in [0.717, 1.165) is 69.2 Å². The zero-order chi connectivity index (χ0) is 39.6. The summed E-state index contributed by atoms with van der Waals surface area (Å²) in [5.74, 6) is 0.547. The van der Waals surface area contributed by atoms with Crippen molar-refractivity contribution in [2.24, 2.45) is 11.8 Å². The summed E-state index contributed by atoms with van der Waals surface area (Å²) in [5.41, 5.74) is 5.44. The number of allylic oxidation sites excluding steroid dienone is 2. The van der Waals surface area contributed by atoms with Gasteiger partial charge in [0.05, 0.1) is 12.7 Å². The zero-order valence-electron chi connectivity index (χ0n) is 33.8. The van der Waals surface area contributed by atoms with Crippen LogP contribution < -0.4 is 0 Å². The fraction of sp³-hybridized carbons (Fsp3) is 0.422. The van der Waals surface area contributed by atoms with Crippen molar-refractivity contribution < 1.29 is 44.5 Å². The molecular weight excluding hydrogens is 868 g/mol. The normalized spacial score (nSPS) is 12.6. The first-order valence-electron chi connectivity index (χ1n) is 18.8. The van der Waals surface area contributed by atoms with Gasteiger partial charge in [-0.25, -0.2) is 0 Å². The van der Waals surface area contributed by atoms with Gasteiger partial charge in [0.25, 0.3) is 0 Å². The van der Waals surface area contributed by atoms with E-state index in [4.69, 9.17) is 1.37 Å². The molecule has 0 atom stereocenters. The summed E-state index contributed by atoms with van der Waals surface area (Å²) >= 11 is 1.32. The number of halogens is 3. The molecule has 0 amide bonds. The predicted octanol–water partition coefficient (Wildman–Crippen LogP) is 14.0. The number of aryl methyl sites for hydroxylation is 4. The smallest absolute Gasteiger partial charge is 0.418 e. The Morgan fingerprint density at radius 1 is 0.925 bits per heavy atom. The molecule has 5 aromatic rings. The van der Waals surface area contributed by atoms with Gasteiger partial charge in [0, 0.05) is 64.8 Å². The zero-order valence-corrected chi connectivity index (χ0v) is 36.0. The average Bonchev–Trinajstić information content (AvgIpc) is 3.39. The summed E-state index contributed by atoms with van der Waals surface area (Å²) in [6, 6.07) is 17.4. The molecular formula is C45H53F3IrNO2S-. The Balaban J connectivity index is 0.000000418. The van der Waals surface area contributed by atoms with Crippen molar-refractivity contribution in [3.05, 3.63) is 99.9 Å². The number of thiophene rings is 1. The second kappa shape index (κ2) is 17.9. The molecule has 0 saturated heterocycles. The molecule has 2 heterocycles.